The fraction of sp³-hybridized carbons (Fsp3) is 0.533. The Balaban J connectivity index is 1.89. The molecule has 1 fully saturated rings. The molecule has 39 heavy (non-hydrogen) atoms. The van der Waals surface area contributed by atoms with E-state index in [1.54, 1.807) is 4.90 Å². The smallest absolute Gasteiger partial charge is 0.416 e. The normalized spacial score (nSPS) is 17.5. The molecule has 0 aliphatic carbocycles. The van der Waals surface area contributed by atoms with E-state index >= 15 is 0 Å². The maximum atomic E-state index is 13.3. The van der Waals surface area contributed by atoms with E-state index in [-0.39, 0.29) is 19.0 Å². The van der Waals surface area contributed by atoms with Crippen LogP contribution in [0.1, 0.15) is 65.3 Å². The molecule has 0 saturated carbocycles. The molecule has 1 aliphatic rings. The van der Waals surface area contributed by atoms with Gasteiger partial charge in [0.25, 0.3) is 0 Å². The van der Waals surface area contributed by atoms with Crippen molar-refractivity contribution in [2.75, 3.05) is 18.0 Å². The van der Waals surface area contributed by atoms with Gasteiger partial charge < -0.3 is 19.1 Å². The summed E-state index contributed by atoms with van der Waals surface area (Å²) < 4.78 is 16.8. The van der Waals surface area contributed by atoms with E-state index in [1.165, 1.54) is 11.8 Å². The van der Waals surface area contributed by atoms with Crippen LogP contribution >= 0.6 is 0 Å². The lowest BCUT2D eigenvalue weighted by Gasteiger charge is -2.27. The van der Waals surface area contributed by atoms with Crippen LogP contribution in [0.2, 0.25) is 0 Å². The number of rotatable bonds is 6. The zero-order chi connectivity index (χ0) is 29.0. The van der Waals surface area contributed by atoms with Gasteiger partial charge in [0.15, 0.2) is 0 Å². The third kappa shape index (κ3) is 9.26. The number of carbonyl (C=O) groups excluding carboxylic acids is 3. The summed E-state index contributed by atoms with van der Waals surface area (Å²) in [5, 5.41) is 0. The second-order valence-electron chi connectivity index (χ2n) is 12.0. The molecule has 0 bridgehead atoms. The molecule has 3 rings (SSSR count). The van der Waals surface area contributed by atoms with Gasteiger partial charge in [-0.2, -0.15) is 0 Å². The van der Waals surface area contributed by atoms with Gasteiger partial charge in [0.05, 0.1) is 13.1 Å². The lowest BCUT2D eigenvalue weighted by Crippen LogP contribution is -2.37. The molecule has 9 nitrogen and oxygen atoms in total. The highest BCUT2D eigenvalue weighted by Gasteiger charge is 2.39. The van der Waals surface area contributed by atoms with Gasteiger partial charge in [0.1, 0.15) is 23.1 Å². The Hall–Kier alpha value is -3.62. The van der Waals surface area contributed by atoms with Gasteiger partial charge >= 0.3 is 18.2 Å². The van der Waals surface area contributed by atoms with Gasteiger partial charge in [0, 0.05) is 25.1 Å². The number of likely N-dealkylation sites (tertiary alicyclic amines) is 1. The lowest BCUT2D eigenvalue weighted by molar-refractivity contribution is -0.147. The molecule has 9 heteroatoms. The van der Waals surface area contributed by atoms with Crippen LogP contribution in [0.15, 0.2) is 42.5 Å². The molecule has 0 radical (unpaired) electrons. The van der Waals surface area contributed by atoms with Crippen LogP contribution < -0.4 is 4.90 Å². The molecule has 1 aromatic carbocycles. The molecular weight excluding hydrogens is 498 g/mol. The summed E-state index contributed by atoms with van der Waals surface area (Å²) in [6.07, 6.45) is -0.990. The van der Waals surface area contributed by atoms with Crippen LogP contribution in [0.3, 0.4) is 0 Å². The zero-order valence-electron chi connectivity index (χ0n) is 24.3. The van der Waals surface area contributed by atoms with Gasteiger partial charge in [-0.15, -0.1) is 0 Å². The molecule has 2 amide bonds. The van der Waals surface area contributed by atoms with E-state index < -0.39 is 35.5 Å². The van der Waals surface area contributed by atoms with E-state index in [0.717, 1.165) is 16.8 Å². The Morgan fingerprint density at radius 1 is 0.974 bits per heavy atom. The number of ether oxygens (including phenoxy) is 3. The number of aromatic nitrogens is 1. The van der Waals surface area contributed by atoms with Gasteiger partial charge in [-0.25, -0.2) is 14.6 Å². The van der Waals surface area contributed by atoms with Gasteiger partial charge in [0.2, 0.25) is 0 Å². The Morgan fingerprint density at radius 2 is 1.62 bits per heavy atom. The van der Waals surface area contributed by atoms with Crippen LogP contribution in [0, 0.1) is 12.8 Å². The van der Waals surface area contributed by atoms with Crippen molar-refractivity contribution in [2.24, 2.45) is 5.92 Å². The highest BCUT2D eigenvalue weighted by molar-refractivity contribution is 5.86. The third-order valence-corrected chi connectivity index (χ3v) is 5.90. The van der Waals surface area contributed by atoms with Crippen LogP contribution in [0.5, 0.6) is 0 Å². The average Bonchev–Trinajstić information content (AvgIpc) is 3.17. The van der Waals surface area contributed by atoms with Crippen molar-refractivity contribution in [3.63, 3.8) is 0 Å². The van der Waals surface area contributed by atoms with Crippen molar-refractivity contribution in [1.82, 2.24) is 9.88 Å². The maximum Gasteiger partial charge on any atom is 0.416 e. The third-order valence-electron chi connectivity index (χ3n) is 5.90. The largest absolute Gasteiger partial charge is 0.460 e. The topological polar surface area (TPSA) is 98.3 Å². The number of hydrogen-bond acceptors (Lipinski definition) is 7. The molecule has 1 aromatic heterocycles. The number of pyridine rings is 1. The van der Waals surface area contributed by atoms with Crippen molar-refractivity contribution in [3.8, 4) is 0 Å². The second kappa shape index (κ2) is 12.1. The highest BCUT2D eigenvalue weighted by Crippen LogP contribution is 2.28. The Bertz CT molecular complexity index is 1170. The zero-order valence-corrected chi connectivity index (χ0v) is 24.3. The first-order chi connectivity index (χ1) is 18.1. The molecule has 2 atom stereocenters. The van der Waals surface area contributed by atoms with E-state index in [0.29, 0.717) is 18.8 Å². The summed E-state index contributed by atoms with van der Waals surface area (Å²) in [5.74, 6) is -0.130. The van der Waals surface area contributed by atoms with Crippen molar-refractivity contribution in [2.45, 2.75) is 85.7 Å². The molecule has 0 unspecified atom stereocenters. The number of hydrogen-bond donors (Lipinski definition) is 0. The SMILES string of the molecule is CC(=O)O[C@@H]1CN(C(=O)OC(C)(C)C)C[C@@H]1Cc1cc(C)cc(N(Cc2ccccc2)C(=O)OC(C)(C)C)n1. The molecular formula is C30H41N3O6. The molecule has 2 aromatic rings. The molecule has 0 N–H and O–H groups in total. The van der Waals surface area contributed by atoms with E-state index in [2.05, 4.69) is 0 Å². The van der Waals surface area contributed by atoms with Gasteiger partial charge in [-0.3, -0.25) is 9.69 Å². The standard InChI is InChI=1S/C30H41N3O6/c1-20-14-24(16-23-18-32(19-25(23)37-21(2)34)27(35)38-29(3,4)5)31-26(15-20)33(28(36)39-30(6,7)8)17-22-12-10-9-11-13-22/h9-15,23,25H,16-19H2,1-8H3/t23-,25+/m0/s1. The first-order valence-electron chi connectivity index (χ1n) is 13.3. The number of benzene rings is 1. The van der Waals surface area contributed by atoms with Crippen LogP contribution in [-0.4, -0.2) is 58.4 Å². The summed E-state index contributed by atoms with van der Waals surface area (Å²) in [4.78, 5) is 45.8. The molecule has 212 valence electrons. The van der Waals surface area contributed by atoms with Gasteiger partial charge in [-0.1, -0.05) is 30.3 Å². The summed E-state index contributed by atoms with van der Waals surface area (Å²) in [6.45, 7) is 15.1. The van der Waals surface area contributed by atoms with Crippen LogP contribution in [-0.2, 0) is 32.0 Å². The predicted octanol–water partition coefficient (Wildman–Crippen LogP) is 5.67. The second-order valence-corrected chi connectivity index (χ2v) is 12.0. The Morgan fingerprint density at radius 3 is 2.21 bits per heavy atom. The maximum absolute atomic E-state index is 13.3. The minimum atomic E-state index is -0.676. The summed E-state index contributed by atoms with van der Waals surface area (Å²) in [6, 6.07) is 13.4. The number of carbonyl (C=O) groups is 3. The molecule has 1 saturated heterocycles. The summed E-state index contributed by atoms with van der Waals surface area (Å²) >= 11 is 0. The minimum Gasteiger partial charge on any atom is -0.460 e. The van der Waals surface area contributed by atoms with Crippen LogP contribution in [0.25, 0.3) is 0 Å². The van der Waals surface area contributed by atoms with Crippen molar-refractivity contribution in [3.05, 3.63) is 59.3 Å². The van der Waals surface area contributed by atoms with Crippen molar-refractivity contribution >= 4 is 24.0 Å². The van der Waals surface area contributed by atoms with Crippen LogP contribution in [0.4, 0.5) is 15.4 Å². The van der Waals surface area contributed by atoms with E-state index in [1.807, 2.05) is 90.9 Å². The molecule has 2 heterocycles. The lowest BCUT2D eigenvalue weighted by atomic mass is 9.98. The van der Waals surface area contributed by atoms with Gasteiger partial charge in [-0.05, 0) is 78.1 Å². The Labute approximate surface area is 231 Å². The number of amides is 2. The number of nitrogens with zero attached hydrogens (tertiary/aromatic N) is 3. The van der Waals surface area contributed by atoms with Crippen molar-refractivity contribution in [1.29, 1.82) is 0 Å². The molecule has 0 spiro atoms. The van der Waals surface area contributed by atoms with Crippen molar-refractivity contribution < 1.29 is 28.6 Å². The first kappa shape index (κ1) is 29.9. The van der Waals surface area contributed by atoms with E-state index in [9.17, 15) is 14.4 Å². The fourth-order valence-corrected chi connectivity index (χ4v) is 4.41. The monoisotopic (exact) mass is 539 g/mol. The highest BCUT2D eigenvalue weighted by atomic mass is 16.6. The number of anilines is 1. The summed E-state index contributed by atoms with van der Waals surface area (Å²) in [7, 11) is 0. The number of aryl methyl sites for hydroxylation is 1. The predicted molar refractivity (Wildman–Crippen MR) is 148 cm³/mol. The first-order valence-corrected chi connectivity index (χ1v) is 13.3. The molecule has 1 aliphatic heterocycles. The Kier molecular flexibility index (Phi) is 9.25. The quantitative estimate of drug-likeness (QED) is 0.344. The average molecular weight is 540 g/mol. The number of esters is 1. The summed E-state index contributed by atoms with van der Waals surface area (Å²) in [5.41, 5.74) is 1.27. The minimum absolute atomic E-state index is 0.187. The van der Waals surface area contributed by atoms with E-state index in [4.69, 9.17) is 19.2 Å². The fourth-order valence-electron chi connectivity index (χ4n) is 4.41.